The summed E-state index contributed by atoms with van der Waals surface area (Å²) in [5, 5.41) is 0. The Hall–Kier alpha value is -3.67. The van der Waals surface area contributed by atoms with Gasteiger partial charge in [-0.3, -0.25) is 19.5 Å². The molecule has 3 heterocycles. The monoisotopic (exact) mass is 427 g/mol. The second-order valence-electron chi connectivity index (χ2n) is 8.37. The molecule has 6 heteroatoms. The number of anilines is 2. The third-order valence-corrected chi connectivity index (χ3v) is 6.26. The zero-order valence-corrected chi connectivity index (χ0v) is 17.8. The fourth-order valence-corrected chi connectivity index (χ4v) is 4.56. The lowest BCUT2D eigenvalue weighted by molar-refractivity contribution is -0.134. The van der Waals surface area contributed by atoms with Gasteiger partial charge in [-0.15, -0.1) is 0 Å². The summed E-state index contributed by atoms with van der Waals surface area (Å²) < 4.78 is 6.54. The van der Waals surface area contributed by atoms with Crippen molar-refractivity contribution < 1.29 is 14.3 Å². The maximum Gasteiger partial charge on any atom is 0.235 e. The summed E-state index contributed by atoms with van der Waals surface area (Å²) in [5.74, 6) is 0.773. The van der Waals surface area contributed by atoms with Crippen LogP contribution in [0.25, 0.3) is 0 Å². The van der Waals surface area contributed by atoms with E-state index in [0.717, 1.165) is 17.1 Å². The first-order chi connectivity index (χ1) is 15.6. The molecule has 2 amide bonds. The molecule has 0 aliphatic carbocycles. The second-order valence-corrected chi connectivity index (χ2v) is 8.37. The number of hydrogen-bond acceptors (Lipinski definition) is 4. The number of rotatable bonds is 3. The molecule has 5 rings (SSSR count). The maximum atomic E-state index is 13.5. The van der Waals surface area contributed by atoms with Gasteiger partial charge in [-0.05, 0) is 36.4 Å². The van der Waals surface area contributed by atoms with Crippen LogP contribution >= 0.6 is 0 Å². The molecule has 2 aliphatic heterocycles. The molecule has 0 saturated carbocycles. The summed E-state index contributed by atoms with van der Waals surface area (Å²) in [6.07, 6.45) is 3.50. The van der Waals surface area contributed by atoms with Gasteiger partial charge in [-0.1, -0.05) is 36.4 Å². The van der Waals surface area contributed by atoms with Gasteiger partial charge in [0.1, 0.15) is 11.4 Å². The number of amides is 2. The van der Waals surface area contributed by atoms with Crippen molar-refractivity contribution in [2.45, 2.75) is 31.3 Å². The van der Waals surface area contributed by atoms with Crippen molar-refractivity contribution >= 4 is 23.2 Å². The van der Waals surface area contributed by atoms with Gasteiger partial charge in [0.25, 0.3) is 0 Å². The van der Waals surface area contributed by atoms with E-state index in [0.29, 0.717) is 31.7 Å². The smallest absolute Gasteiger partial charge is 0.235 e. The molecule has 162 valence electrons. The van der Waals surface area contributed by atoms with Crippen molar-refractivity contribution in [2.75, 3.05) is 18.0 Å². The molecular weight excluding hydrogens is 402 g/mol. The van der Waals surface area contributed by atoms with Crippen LogP contribution in [0.15, 0.2) is 79.0 Å². The van der Waals surface area contributed by atoms with E-state index in [2.05, 4.69) is 4.98 Å². The molecule has 2 aliphatic rings. The van der Waals surface area contributed by atoms with E-state index in [1.54, 1.807) is 11.1 Å². The fraction of sp³-hybridized carbons (Fsp3) is 0.269. The van der Waals surface area contributed by atoms with Crippen LogP contribution in [0, 0.1) is 0 Å². The molecule has 1 saturated heterocycles. The van der Waals surface area contributed by atoms with Crippen molar-refractivity contribution in [2.24, 2.45) is 0 Å². The molecule has 0 unspecified atom stereocenters. The third kappa shape index (κ3) is 3.96. The number of ether oxygens (including phenoxy) is 1. The highest BCUT2D eigenvalue weighted by Crippen LogP contribution is 2.43. The van der Waals surface area contributed by atoms with Crippen molar-refractivity contribution in [1.82, 2.24) is 9.88 Å². The van der Waals surface area contributed by atoms with Crippen LogP contribution in [0.5, 0.6) is 5.75 Å². The Morgan fingerprint density at radius 2 is 1.66 bits per heavy atom. The van der Waals surface area contributed by atoms with E-state index in [4.69, 9.17) is 4.74 Å². The molecule has 6 nitrogen and oxygen atoms in total. The minimum Gasteiger partial charge on any atom is -0.484 e. The van der Waals surface area contributed by atoms with E-state index in [1.807, 2.05) is 77.7 Å². The first-order valence-electron chi connectivity index (χ1n) is 11.0. The van der Waals surface area contributed by atoms with Crippen LogP contribution in [-0.4, -0.2) is 40.4 Å². The van der Waals surface area contributed by atoms with Gasteiger partial charge in [-0.25, -0.2) is 0 Å². The van der Waals surface area contributed by atoms with Crippen LogP contribution in [0.3, 0.4) is 0 Å². The zero-order chi connectivity index (χ0) is 22.0. The average molecular weight is 428 g/mol. The fourth-order valence-electron chi connectivity index (χ4n) is 4.56. The molecular formula is C26H25N3O3. The SMILES string of the molecule is O=C(Cc1ccccn1)N1CCC2(CC1)CC(=O)N(c1ccccc1)c1ccccc1O2. The topological polar surface area (TPSA) is 62.7 Å². The van der Waals surface area contributed by atoms with Crippen LogP contribution < -0.4 is 9.64 Å². The van der Waals surface area contributed by atoms with Gasteiger partial charge in [-0.2, -0.15) is 0 Å². The summed E-state index contributed by atoms with van der Waals surface area (Å²) in [7, 11) is 0. The minimum absolute atomic E-state index is 0.00871. The number of aromatic nitrogens is 1. The van der Waals surface area contributed by atoms with Crippen molar-refractivity contribution in [1.29, 1.82) is 0 Å². The molecule has 2 aromatic carbocycles. The Morgan fingerprint density at radius 3 is 2.41 bits per heavy atom. The number of para-hydroxylation sites is 3. The van der Waals surface area contributed by atoms with Crippen molar-refractivity contribution in [3.63, 3.8) is 0 Å². The molecule has 1 fully saturated rings. The lowest BCUT2D eigenvalue weighted by Crippen LogP contribution is -2.51. The van der Waals surface area contributed by atoms with E-state index in [9.17, 15) is 9.59 Å². The lowest BCUT2D eigenvalue weighted by Gasteiger charge is -2.40. The normalized spacial score (nSPS) is 17.4. The summed E-state index contributed by atoms with van der Waals surface area (Å²) in [5.41, 5.74) is 1.74. The van der Waals surface area contributed by atoms with E-state index < -0.39 is 5.60 Å². The summed E-state index contributed by atoms with van der Waals surface area (Å²) >= 11 is 0. The zero-order valence-electron chi connectivity index (χ0n) is 17.8. The Bertz CT molecular complexity index is 1110. The highest BCUT2D eigenvalue weighted by Gasteiger charge is 2.44. The van der Waals surface area contributed by atoms with Gasteiger partial charge < -0.3 is 9.64 Å². The Labute approximate surface area is 187 Å². The summed E-state index contributed by atoms with van der Waals surface area (Å²) in [6, 6.07) is 23.0. The molecule has 0 bridgehead atoms. The molecule has 0 atom stereocenters. The molecule has 0 N–H and O–H groups in total. The summed E-state index contributed by atoms with van der Waals surface area (Å²) in [4.78, 5) is 34.1. The molecule has 3 aromatic rings. The number of pyridine rings is 1. The number of piperidine rings is 1. The largest absolute Gasteiger partial charge is 0.484 e. The first kappa shape index (κ1) is 20.2. The van der Waals surface area contributed by atoms with E-state index in [-0.39, 0.29) is 24.7 Å². The van der Waals surface area contributed by atoms with E-state index >= 15 is 0 Å². The standard InChI is InChI=1S/C26H25N3O3/c30-24(18-20-8-6-7-15-27-20)28-16-13-26(14-17-28)19-25(31)29(21-9-2-1-3-10-21)22-11-4-5-12-23(22)32-26/h1-12,15H,13-14,16-19H2. The van der Waals surface area contributed by atoms with Crippen molar-refractivity contribution in [3.05, 3.63) is 84.7 Å². The predicted molar refractivity (Wildman–Crippen MR) is 122 cm³/mol. The van der Waals surface area contributed by atoms with Gasteiger partial charge in [0, 0.05) is 43.5 Å². The molecule has 0 radical (unpaired) electrons. The number of likely N-dealkylation sites (tertiary alicyclic amines) is 1. The Morgan fingerprint density at radius 1 is 0.938 bits per heavy atom. The van der Waals surface area contributed by atoms with E-state index in [1.165, 1.54) is 0 Å². The van der Waals surface area contributed by atoms with Crippen molar-refractivity contribution in [3.8, 4) is 5.75 Å². The first-order valence-corrected chi connectivity index (χ1v) is 11.0. The number of fused-ring (bicyclic) bond motifs is 1. The van der Waals surface area contributed by atoms with Gasteiger partial charge in [0.05, 0.1) is 18.5 Å². The van der Waals surface area contributed by atoms with Crippen LogP contribution in [-0.2, 0) is 16.0 Å². The maximum absolute atomic E-state index is 13.5. The van der Waals surface area contributed by atoms with Crippen LogP contribution in [0.4, 0.5) is 11.4 Å². The highest BCUT2D eigenvalue weighted by molar-refractivity contribution is 6.03. The van der Waals surface area contributed by atoms with Gasteiger partial charge >= 0.3 is 0 Å². The number of carbonyl (C=O) groups is 2. The Kier molecular flexibility index (Phi) is 5.35. The second kappa shape index (κ2) is 8.46. The predicted octanol–water partition coefficient (Wildman–Crippen LogP) is 4.13. The van der Waals surface area contributed by atoms with Crippen LogP contribution in [0.1, 0.15) is 25.0 Å². The third-order valence-electron chi connectivity index (χ3n) is 6.26. The average Bonchev–Trinajstić information content (AvgIpc) is 2.94. The Balaban J connectivity index is 1.36. The molecule has 32 heavy (non-hydrogen) atoms. The number of benzene rings is 2. The molecule has 1 spiro atoms. The minimum atomic E-state index is -0.613. The number of carbonyl (C=O) groups excluding carboxylic acids is 2. The number of hydrogen-bond donors (Lipinski definition) is 0. The van der Waals surface area contributed by atoms with Gasteiger partial charge in [0.2, 0.25) is 11.8 Å². The summed E-state index contributed by atoms with van der Waals surface area (Å²) in [6.45, 7) is 1.12. The highest BCUT2D eigenvalue weighted by atomic mass is 16.5. The van der Waals surface area contributed by atoms with Gasteiger partial charge in [0.15, 0.2) is 0 Å². The quantitative estimate of drug-likeness (QED) is 0.631. The molecule has 1 aromatic heterocycles. The number of nitrogens with zero attached hydrogens (tertiary/aromatic N) is 3. The lowest BCUT2D eigenvalue weighted by atomic mass is 9.87. The van der Waals surface area contributed by atoms with Crippen LogP contribution in [0.2, 0.25) is 0 Å².